The lowest BCUT2D eigenvalue weighted by molar-refractivity contribution is -0.361. The Kier molecular flexibility index (Phi) is 11.6. The van der Waals surface area contributed by atoms with Gasteiger partial charge >= 0.3 is 6.03 Å². The van der Waals surface area contributed by atoms with E-state index in [9.17, 15) is 0 Å². The number of nitrogens with two attached hydrogens (primary N) is 2. The van der Waals surface area contributed by atoms with Gasteiger partial charge < -0.3 is 16.7 Å². The molecule has 2 amide bonds. The summed E-state index contributed by atoms with van der Waals surface area (Å²) in [6.45, 7) is 2.68. The summed E-state index contributed by atoms with van der Waals surface area (Å²) < 4.78 is 0. The van der Waals surface area contributed by atoms with Crippen LogP contribution in [0.2, 0.25) is 0 Å². The fourth-order valence-electron chi connectivity index (χ4n) is 0. The van der Waals surface area contributed by atoms with Crippen LogP contribution >= 0.6 is 0 Å². The zero-order valence-electron chi connectivity index (χ0n) is 3.68. The topological polar surface area (TPSA) is 106 Å². The number of hydrogen-bond acceptors (Lipinski definition) is 2. The van der Waals surface area contributed by atoms with E-state index < -0.39 is 6.03 Å². The predicted molar refractivity (Wildman–Crippen MR) is 25.2 cm³/mol. The number of rotatable bonds is 0. The average molecular weight is 105 g/mol. The molecule has 5 heteroatoms. The molecule has 5 N–H and O–H groups in total. The molecule has 0 spiro atoms. The quantitative estimate of drug-likeness (QED) is 0.177. The molecular formula is C2H7N3O2. The maximum Gasteiger partial charge on any atom is 0.309 e. The first-order valence-electron chi connectivity index (χ1n) is 1.34. The van der Waals surface area contributed by atoms with Crippen LogP contribution in [0.15, 0.2) is 0 Å². The van der Waals surface area contributed by atoms with E-state index in [0.29, 0.717) is 0 Å². The molecule has 7 heavy (non-hydrogen) atoms. The van der Waals surface area contributed by atoms with Crippen molar-refractivity contribution in [3.05, 3.63) is 5.21 Å². The smallest absolute Gasteiger partial charge is 0.309 e. The van der Waals surface area contributed by atoms with Gasteiger partial charge in [-0.2, -0.15) is 0 Å². The second-order valence-electron chi connectivity index (χ2n) is 0.547. The Bertz CT molecular complexity index is 58.0. The van der Waals surface area contributed by atoms with Gasteiger partial charge in [0, 0.05) is 0 Å². The normalized spacial score (nSPS) is 5.14. The summed E-state index contributed by atoms with van der Waals surface area (Å²) >= 11 is 0. The average Bonchev–Trinajstić information content (AvgIpc) is 1.33. The van der Waals surface area contributed by atoms with Crippen molar-refractivity contribution in [1.82, 2.24) is 0 Å². The Morgan fingerprint density at radius 1 is 1.71 bits per heavy atom. The zero-order chi connectivity index (χ0) is 6.28. The van der Waals surface area contributed by atoms with Gasteiger partial charge in [0.1, 0.15) is 6.72 Å². The molecule has 0 aromatic rings. The highest BCUT2D eigenvalue weighted by atomic mass is 16.4. The molecule has 0 fully saturated rings. The maximum absolute atomic E-state index is 9.00. The highest BCUT2D eigenvalue weighted by molar-refractivity contribution is 5.69. The van der Waals surface area contributed by atoms with Crippen molar-refractivity contribution in [2.45, 2.75) is 0 Å². The van der Waals surface area contributed by atoms with E-state index in [2.05, 4.69) is 18.2 Å². The van der Waals surface area contributed by atoms with E-state index in [-0.39, 0.29) is 0 Å². The van der Waals surface area contributed by atoms with Crippen molar-refractivity contribution < 1.29 is 9.95 Å². The van der Waals surface area contributed by atoms with E-state index >= 15 is 0 Å². The zero-order valence-corrected chi connectivity index (χ0v) is 3.68. The van der Waals surface area contributed by atoms with Crippen LogP contribution in [0.1, 0.15) is 0 Å². The molecule has 5 nitrogen and oxygen atoms in total. The molecule has 42 valence electrons. The largest absolute Gasteiger partial charge is 0.626 e. The Hall–Kier alpha value is -1.26. The monoisotopic (exact) mass is 105 g/mol. The molecular weight excluding hydrogens is 98.0 g/mol. The molecule has 0 radical (unpaired) electrons. The van der Waals surface area contributed by atoms with Gasteiger partial charge in [-0.15, -0.1) is 0 Å². The highest BCUT2D eigenvalue weighted by Gasteiger charge is 1.60. The minimum absolute atomic E-state index is 0.833. The Labute approximate surface area is 40.6 Å². The molecule has 0 bridgehead atoms. The summed E-state index contributed by atoms with van der Waals surface area (Å²) in [5.41, 5.74) is 8.50. The van der Waals surface area contributed by atoms with Crippen molar-refractivity contribution in [3.8, 4) is 0 Å². The SMILES string of the molecule is C=[NH+][O-].NC(N)=O. The summed E-state index contributed by atoms with van der Waals surface area (Å²) in [4.78, 5) is 9.00. The summed E-state index contributed by atoms with van der Waals surface area (Å²) in [5, 5.41) is 9.82. The Morgan fingerprint density at radius 3 is 1.71 bits per heavy atom. The van der Waals surface area contributed by atoms with Crippen molar-refractivity contribution in [1.29, 1.82) is 0 Å². The van der Waals surface area contributed by atoms with E-state index in [4.69, 9.17) is 10.0 Å². The van der Waals surface area contributed by atoms with Gasteiger partial charge in [-0.1, -0.05) is 0 Å². The van der Waals surface area contributed by atoms with Crippen LogP contribution in [0.4, 0.5) is 4.79 Å². The molecule has 0 aliphatic carbocycles. The van der Waals surface area contributed by atoms with Gasteiger partial charge in [0.05, 0.1) is 0 Å². The van der Waals surface area contributed by atoms with E-state index in [0.717, 1.165) is 0 Å². The number of carbonyl (C=O) groups excluding carboxylic acids is 1. The van der Waals surface area contributed by atoms with E-state index in [1.165, 1.54) is 5.16 Å². The molecule has 0 heterocycles. The minimum atomic E-state index is -0.833. The number of carbonyl (C=O) groups is 1. The van der Waals surface area contributed by atoms with Gasteiger partial charge in [0.25, 0.3) is 0 Å². The number of urea groups is 1. The van der Waals surface area contributed by atoms with Crippen molar-refractivity contribution in [2.75, 3.05) is 0 Å². The standard InChI is InChI=1S/CH4N2O.CH3NO/c2-1(3)4;1-2-3/h(H4,2,3,4);2H,1H2. The second kappa shape index (κ2) is 8.83. The van der Waals surface area contributed by atoms with Crippen molar-refractivity contribution >= 4 is 12.7 Å². The molecule has 0 aromatic heterocycles. The molecule has 0 aliphatic rings. The number of hydrogen-bond donors (Lipinski definition) is 3. The number of amides is 2. The molecule has 0 unspecified atom stereocenters. The lowest BCUT2D eigenvalue weighted by Gasteiger charge is -1.62. The number of primary amides is 2. The van der Waals surface area contributed by atoms with Crippen LogP contribution in [0.5, 0.6) is 0 Å². The van der Waals surface area contributed by atoms with Crippen molar-refractivity contribution in [2.24, 2.45) is 11.5 Å². The van der Waals surface area contributed by atoms with Crippen LogP contribution < -0.4 is 16.6 Å². The van der Waals surface area contributed by atoms with Gasteiger partial charge in [-0.05, 0) is 0 Å². The van der Waals surface area contributed by atoms with Gasteiger partial charge in [0.2, 0.25) is 0 Å². The van der Waals surface area contributed by atoms with Crippen molar-refractivity contribution in [3.63, 3.8) is 0 Å². The maximum atomic E-state index is 9.00. The highest BCUT2D eigenvalue weighted by Crippen LogP contribution is 1.25. The first-order valence-corrected chi connectivity index (χ1v) is 1.34. The third-order valence-corrected chi connectivity index (χ3v) is 0. The fourth-order valence-corrected chi connectivity index (χ4v) is 0. The summed E-state index contributed by atoms with van der Waals surface area (Å²) in [7, 11) is 0. The van der Waals surface area contributed by atoms with Crippen LogP contribution in [-0.4, -0.2) is 12.7 Å². The predicted octanol–water partition coefficient (Wildman–Crippen LogP) is -2.71. The Balaban J connectivity index is 0. The molecule has 0 aliphatic heterocycles. The molecule has 0 saturated carbocycles. The lowest BCUT2D eigenvalue weighted by Crippen LogP contribution is -2.56. The van der Waals surface area contributed by atoms with Crippen LogP contribution in [-0.2, 0) is 0 Å². The molecule has 0 atom stereocenters. The Morgan fingerprint density at radius 2 is 1.71 bits per heavy atom. The van der Waals surface area contributed by atoms with Gasteiger partial charge in [0.15, 0.2) is 0 Å². The van der Waals surface area contributed by atoms with Crippen LogP contribution in [0.3, 0.4) is 0 Å². The molecule has 0 aromatic carbocycles. The number of nitrogens with one attached hydrogen (secondary N) is 1. The lowest BCUT2D eigenvalue weighted by atomic mass is 11.2. The molecule has 0 rings (SSSR count). The third kappa shape index (κ3) is 22.4. The molecule has 0 saturated heterocycles. The first kappa shape index (κ1) is 9.22. The van der Waals surface area contributed by atoms with Crippen LogP contribution in [0.25, 0.3) is 0 Å². The van der Waals surface area contributed by atoms with E-state index in [1.807, 2.05) is 0 Å². The minimum Gasteiger partial charge on any atom is -0.626 e. The third-order valence-electron chi connectivity index (χ3n) is 0. The summed E-state index contributed by atoms with van der Waals surface area (Å²) in [6.07, 6.45) is 0. The van der Waals surface area contributed by atoms with E-state index in [1.54, 1.807) is 0 Å². The second-order valence-corrected chi connectivity index (χ2v) is 0.547. The van der Waals surface area contributed by atoms with Gasteiger partial charge in [-0.3, -0.25) is 0 Å². The summed E-state index contributed by atoms with van der Waals surface area (Å²) in [6, 6.07) is -0.833. The summed E-state index contributed by atoms with van der Waals surface area (Å²) in [5.74, 6) is 0. The fraction of sp³-hybridized carbons (Fsp3) is 0. The van der Waals surface area contributed by atoms with Gasteiger partial charge in [-0.25, -0.2) is 9.95 Å². The first-order chi connectivity index (χ1) is 3.15. The van der Waals surface area contributed by atoms with Crippen LogP contribution in [0, 0.1) is 5.21 Å².